The summed E-state index contributed by atoms with van der Waals surface area (Å²) in [6.07, 6.45) is 8.63. The highest BCUT2D eigenvalue weighted by Gasteiger charge is 2.51. The molecule has 55 heavy (non-hydrogen) atoms. The topological polar surface area (TPSA) is 3.24 Å². The Kier molecular flexibility index (Phi) is 7.38. The summed E-state index contributed by atoms with van der Waals surface area (Å²) < 4.78 is 0. The van der Waals surface area contributed by atoms with Gasteiger partial charge in [-0.1, -0.05) is 136 Å². The zero-order valence-corrected chi connectivity index (χ0v) is 35.2. The summed E-state index contributed by atoms with van der Waals surface area (Å²) in [5.41, 5.74) is 19.8. The normalized spacial score (nSPS) is 25.0. The maximum absolute atomic E-state index is 2.62. The van der Waals surface area contributed by atoms with Crippen molar-refractivity contribution in [2.45, 2.75) is 135 Å². The maximum Gasteiger partial charge on any atom is 0.0543 e. The Labute approximate surface area is 331 Å². The Morgan fingerprint density at radius 3 is 1.76 bits per heavy atom. The van der Waals surface area contributed by atoms with E-state index in [1.807, 2.05) is 0 Å². The molecule has 0 spiro atoms. The quantitative estimate of drug-likeness (QED) is 0.178. The van der Waals surface area contributed by atoms with Crippen LogP contribution in [0.25, 0.3) is 22.3 Å². The predicted octanol–water partition coefficient (Wildman–Crippen LogP) is 14.8. The molecule has 0 radical (unpaired) electrons. The molecule has 4 bridgehead atoms. The second-order valence-corrected chi connectivity index (χ2v) is 21.8. The highest BCUT2D eigenvalue weighted by atomic mass is 15.1. The van der Waals surface area contributed by atoms with Crippen molar-refractivity contribution in [1.29, 1.82) is 0 Å². The maximum atomic E-state index is 2.62. The lowest BCUT2D eigenvalue weighted by molar-refractivity contribution is -0.00518. The fraction of sp³-hybridized carbons (Fsp3) is 0.444. The predicted molar refractivity (Wildman–Crippen MR) is 234 cm³/mol. The average molecular weight is 724 g/mol. The van der Waals surface area contributed by atoms with Gasteiger partial charge in [0, 0.05) is 27.8 Å². The standard InChI is InChI=1S/C54H61N/c1-50(2,3)37-27-42-48-44(53(9,10)49(42)46(28-37)51(4,5)6)16-13-17-47(48)55(39-22-23-41-40-14-11-12-15-43(40)52(7,8)45(41)29-39)38-20-18-36(19-21-38)54-30-33-24-34(31-54)26-35(25-33)32-54/h11-23,27-29,33-35H,24-26,30-32H2,1-10H3. The molecule has 6 aliphatic carbocycles. The van der Waals surface area contributed by atoms with Crippen LogP contribution in [-0.2, 0) is 27.1 Å². The van der Waals surface area contributed by atoms with Crippen LogP contribution < -0.4 is 4.90 Å². The largest absolute Gasteiger partial charge is 0.310 e. The monoisotopic (exact) mass is 723 g/mol. The summed E-state index contributed by atoms with van der Waals surface area (Å²) in [5.74, 6) is 2.81. The van der Waals surface area contributed by atoms with Gasteiger partial charge in [0.05, 0.1) is 5.69 Å². The van der Waals surface area contributed by atoms with Crippen LogP contribution >= 0.6 is 0 Å². The number of hydrogen-bond acceptors (Lipinski definition) is 1. The average Bonchev–Trinajstić information content (AvgIpc) is 3.50. The Hall–Kier alpha value is -4.10. The zero-order chi connectivity index (χ0) is 38.4. The highest BCUT2D eigenvalue weighted by Crippen LogP contribution is 2.62. The fourth-order valence-electron chi connectivity index (χ4n) is 12.9. The van der Waals surface area contributed by atoms with Crippen molar-refractivity contribution in [2.75, 3.05) is 4.90 Å². The van der Waals surface area contributed by atoms with Crippen LogP contribution in [0.2, 0.25) is 0 Å². The van der Waals surface area contributed by atoms with E-state index >= 15 is 0 Å². The van der Waals surface area contributed by atoms with Gasteiger partial charge >= 0.3 is 0 Å². The van der Waals surface area contributed by atoms with Crippen molar-refractivity contribution in [3.63, 3.8) is 0 Å². The molecule has 0 atom stereocenters. The Bertz CT molecular complexity index is 2330. The molecule has 282 valence electrons. The third-order valence-electron chi connectivity index (χ3n) is 15.3. The van der Waals surface area contributed by atoms with Crippen molar-refractivity contribution >= 4 is 17.1 Å². The fourth-order valence-corrected chi connectivity index (χ4v) is 12.9. The second kappa shape index (κ2) is 11.5. The molecule has 0 N–H and O–H groups in total. The summed E-state index contributed by atoms with van der Waals surface area (Å²) in [4.78, 5) is 2.62. The molecule has 0 saturated heterocycles. The molecule has 4 fully saturated rings. The van der Waals surface area contributed by atoms with Crippen molar-refractivity contribution in [3.8, 4) is 22.3 Å². The highest BCUT2D eigenvalue weighted by molar-refractivity contribution is 5.96. The molecular weight excluding hydrogens is 663 g/mol. The lowest BCUT2D eigenvalue weighted by Crippen LogP contribution is -2.48. The van der Waals surface area contributed by atoms with Crippen molar-refractivity contribution in [2.24, 2.45) is 17.8 Å². The molecular formula is C54H61N. The van der Waals surface area contributed by atoms with E-state index in [1.165, 1.54) is 111 Å². The van der Waals surface area contributed by atoms with Gasteiger partial charge in [0.25, 0.3) is 0 Å². The molecule has 0 aromatic heterocycles. The van der Waals surface area contributed by atoms with E-state index in [2.05, 4.69) is 171 Å². The van der Waals surface area contributed by atoms with Crippen molar-refractivity contribution < 1.29 is 0 Å². The van der Waals surface area contributed by atoms with Gasteiger partial charge in [-0.05, 0) is 158 Å². The van der Waals surface area contributed by atoms with Crippen LogP contribution in [0, 0.1) is 17.8 Å². The number of nitrogens with zero attached hydrogens (tertiary/aromatic N) is 1. The summed E-state index contributed by atoms with van der Waals surface area (Å²) >= 11 is 0. The van der Waals surface area contributed by atoms with Crippen LogP contribution in [-0.4, -0.2) is 0 Å². The van der Waals surface area contributed by atoms with Crippen LogP contribution in [0.4, 0.5) is 17.1 Å². The Morgan fingerprint density at radius 2 is 1.13 bits per heavy atom. The molecule has 0 aliphatic heterocycles. The van der Waals surface area contributed by atoms with Gasteiger partial charge in [0.1, 0.15) is 0 Å². The van der Waals surface area contributed by atoms with E-state index in [0.717, 1.165) is 17.8 Å². The van der Waals surface area contributed by atoms with Gasteiger partial charge in [-0.25, -0.2) is 0 Å². The molecule has 0 amide bonds. The molecule has 0 unspecified atom stereocenters. The first kappa shape index (κ1) is 35.3. The Balaban J connectivity index is 1.19. The van der Waals surface area contributed by atoms with Crippen LogP contribution in [0.3, 0.4) is 0 Å². The van der Waals surface area contributed by atoms with Gasteiger partial charge in [0.15, 0.2) is 0 Å². The minimum absolute atomic E-state index is 0.0121. The van der Waals surface area contributed by atoms with E-state index in [0.29, 0.717) is 5.41 Å². The lowest BCUT2D eigenvalue weighted by Gasteiger charge is -2.57. The summed E-state index contributed by atoms with van der Waals surface area (Å²) in [6.45, 7) is 24.1. The molecule has 1 heteroatoms. The number of hydrogen-bond donors (Lipinski definition) is 0. The van der Waals surface area contributed by atoms with E-state index in [-0.39, 0.29) is 21.7 Å². The smallest absolute Gasteiger partial charge is 0.0543 e. The molecule has 11 rings (SSSR count). The molecule has 4 saturated carbocycles. The molecule has 6 aliphatic rings. The number of fused-ring (bicyclic) bond motifs is 6. The second-order valence-electron chi connectivity index (χ2n) is 21.8. The first-order valence-corrected chi connectivity index (χ1v) is 21.4. The molecule has 0 heterocycles. The van der Waals surface area contributed by atoms with E-state index in [1.54, 1.807) is 5.56 Å². The molecule has 5 aromatic rings. The van der Waals surface area contributed by atoms with Gasteiger partial charge in [0.2, 0.25) is 0 Å². The third-order valence-corrected chi connectivity index (χ3v) is 15.3. The Morgan fingerprint density at radius 1 is 0.527 bits per heavy atom. The molecule has 5 aromatic carbocycles. The third kappa shape index (κ3) is 5.16. The minimum Gasteiger partial charge on any atom is -0.310 e. The number of rotatable bonds is 4. The van der Waals surface area contributed by atoms with E-state index in [4.69, 9.17) is 0 Å². The van der Waals surface area contributed by atoms with Crippen LogP contribution in [0.15, 0.2) is 97.1 Å². The van der Waals surface area contributed by atoms with Gasteiger partial charge in [-0.2, -0.15) is 0 Å². The first-order valence-electron chi connectivity index (χ1n) is 21.4. The van der Waals surface area contributed by atoms with Gasteiger partial charge in [-0.15, -0.1) is 0 Å². The number of anilines is 3. The van der Waals surface area contributed by atoms with E-state index in [9.17, 15) is 0 Å². The van der Waals surface area contributed by atoms with Crippen LogP contribution in [0.1, 0.15) is 147 Å². The van der Waals surface area contributed by atoms with Crippen molar-refractivity contribution in [3.05, 3.63) is 136 Å². The summed E-state index contributed by atoms with van der Waals surface area (Å²) in [7, 11) is 0. The van der Waals surface area contributed by atoms with Gasteiger partial charge < -0.3 is 4.90 Å². The lowest BCUT2D eigenvalue weighted by atomic mass is 9.48. The zero-order valence-electron chi connectivity index (χ0n) is 35.2. The van der Waals surface area contributed by atoms with E-state index < -0.39 is 0 Å². The number of benzene rings is 5. The van der Waals surface area contributed by atoms with Crippen molar-refractivity contribution in [1.82, 2.24) is 0 Å². The minimum atomic E-state index is -0.130. The van der Waals surface area contributed by atoms with Gasteiger partial charge in [-0.3, -0.25) is 0 Å². The first-order chi connectivity index (χ1) is 26.0. The summed E-state index contributed by atoms with van der Waals surface area (Å²) in [5, 5.41) is 0. The molecule has 1 nitrogen and oxygen atoms in total. The SMILES string of the molecule is CC(C)(C)c1cc2c(c(C(C)(C)C)c1)C(C)(C)c1cccc(N(c3ccc(C45CC6CC(CC(C6)C4)C5)cc3)c3ccc4c(c3)C(C)(C)c3ccccc3-4)c1-2. The summed E-state index contributed by atoms with van der Waals surface area (Å²) in [6, 6.07) is 38.7. The van der Waals surface area contributed by atoms with Crippen LogP contribution in [0.5, 0.6) is 0 Å².